The van der Waals surface area contributed by atoms with E-state index in [4.69, 9.17) is 14.2 Å². The molecule has 0 aromatic heterocycles. The van der Waals surface area contributed by atoms with E-state index in [0.717, 1.165) is 5.56 Å². The molecule has 6 nitrogen and oxygen atoms in total. The minimum atomic E-state index is -0.506. The number of halogens is 1. The second kappa shape index (κ2) is 6.21. The van der Waals surface area contributed by atoms with Crippen LogP contribution in [0.4, 0.5) is 10.1 Å². The molecule has 0 fully saturated rings. The molecule has 23 heavy (non-hydrogen) atoms. The zero-order valence-electron chi connectivity index (χ0n) is 12.4. The summed E-state index contributed by atoms with van der Waals surface area (Å²) in [5.74, 6) is 0.202. The number of rotatable bonds is 4. The van der Waals surface area contributed by atoms with Gasteiger partial charge in [-0.3, -0.25) is 10.1 Å². The molecule has 1 heterocycles. The highest BCUT2D eigenvalue weighted by Gasteiger charge is 2.19. The van der Waals surface area contributed by atoms with Crippen molar-refractivity contribution in [3.05, 3.63) is 63.0 Å². The van der Waals surface area contributed by atoms with E-state index in [2.05, 4.69) is 0 Å². The fraction of sp³-hybridized carbons (Fsp3) is 0.250. The van der Waals surface area contributed by atoms with E-state index in [-0.39, 0.29) is 31.4 Å². The van der Waals surface area contributed by atoms with Gasteiger partial charge in [0.25, 0.3) is 0 Å². The molecule has 3 rings (SSSR count). The quantitative estimate of drug-likeness (QED) is 0.637. The number of nitro benzene ring substituents is 1. The monoisotopic (exact) mass is 319 g/mol. The number of ether oxygens (including phenoxy) is 3. The molecule has 0 amide bonds. The number of hydrogen-bond acceptors (Lipinski definition) is 5. The molecule has 0 radical (unpaired) electrons. The summed E-state index contributed by atoms with van der Waals surface area (Å²) in [7, 11) is 0. The Bertz CT molecular complexity index is 762. The summed E-state index contributed by atoms with van der Waals surface area (Å²) in [4.78, 5) is 10.6. The van der Waals surface area contributed by atoms with Crippen LogP contribution in [0.25, 0.3) is 0 Å². The van der Waals surface area contributed by atoms with E-state index in [1.165, 1.54) is 24.3 Å². The van der Waals surface area contributed by atoms with Gasteiger partial charge >= 0.3 is 5.69 Å². The van der Waals surface area contributed by atoms with Gasteiger partial charge in [0, 0.05) is 17.2 Å². The SMILES string of the molecule is Cc1ccc(OCc2cc(F)cc3c2OCOC3)c([N+](=O)[O-])c1. The summed E-state index contributed by atoms with van der Waals surface area (Å²) < 4.78 is 29.7. The first-order valence-electron chi connectivity index (χ1n) is 6.94. The van der Waals surface area contributed by atoms with Crippen LogP contribution in [-0.4, -0.2) is 11.7 Å². The topological polar surface area (TPSA) is 70.8 Å². The highest BCUT2D eigenvalue weighted by atomic mass is 19.1. The molecule has 0 N–H and O–H groups in total. The third-order valence-electron chi connectivity index (χ3n) is 3.45. The average Bonchev–Trinajstić information content (AvgIpc) is 2.53. The predicted molar refractivity (Wildman–Crippen MR) is 78.8 cm³/mol. The number of nitrogens with zero attached hydrogens (tertiary/aromatic N) is 1. The molecule has 2 aromatic carbocycles. The van der Waals surface area contributed by atoms with Gasteiger partial charge in [-0.1, -0.05) is 6.07 Å². The molecule has 0 aliphatic carbocycles. The summed E-state index contributed by atoms with van der Waals surface area (Å²) in [6, 6.07) is 7.31. The lowest BCUT2D eigenvalue weighted by atomic mass is 10.1. The van der Waals surface area contributed by atoms with E-state index >= 15 is 0 Å². The Morgan fingerprint density at radius 2 is 2.17 bits per heavy atom. The maximum atomic E-state index is 13.7. The van der Waals surface area contributed by atoms with E-state index in [9.17, 15) is 14.5 Å². The van der Waals surface area contributed by atoms with Crippen molar-refractivity contribution in [2.45, 2.75) is 20.1 Å². The van der Waals surface area contributed by atoms with Gasteiger partial charge in [0.15, 0.2) is 12.5 Å². The number of benzene rings is 2. The molecule has 0 unspecified atom stereocenters. The predicted octanol–water partition coefficient (Wildman–Crippen LogP) is 3.49. The Morgan fingerprint density at radius 3 is 2.96 bits per heavy atom. The van der Waals surface area contributed by atoms with Crippen molar-refractivity contribution >= 4 is 5.69 Å². The Balaban J connectivity index is 1.87. The Morgan fingerprint density at radius 1 is 1.35 bits per heavy atom. The van der Waals surface area contributed by atoms with Crippen molar-refractivity contribution in [3.63, 3.8) is 0 Å². The van der Waals surface area contributed by atoms with Gasteiger partial charge in [0.05, 0.1) is 11.5 Å². The van der Waals surface area contributed by atoms with Crippen LogP contribution in [0.1, 0.15) is 16.7 Å². The lowest BCUT2D eigenvalue weighted by Crippen LogP contribution is -2.14. The van der Waals surface area contributed by atoms with Gasteiger partial charge in [-0.2, -0.15) is 0 Å². The van der Waals surface area contributed by atoms with Crippen molar-refractivity contribution in [1.82, 2.24) is 0 Å². The molecule has 1 aliphatic rings. The van der Waals surface area contributed by atoms with E-state index in [0.29, 0.717) is 16.9 Å². The summed E-state index contributed by atoms with van der Waals surface area (Å²) in [6.45, 7) is 2.05. The lowest BCUT2D eigenvalue weighted by molar-refractivity contribution is -0.386. The standard InChI is InChI=1S/C16H14FNO5/c1-10-2-3-15(14(4-10)18(19)20)22-8-12-6-13(17)5-11-7-21-9-23-16(11)12/h2-6H,7-9H2,1H3. The zero-order chi connectivity index (χ0) is 16.4. The smallest absolute Gasteiger partial charge is 0.311 e. The summed E-state index contributed by atoms with van der Waals surface area (Å²) in [5.41, 5.74) is 1.71. The van der Waals surface area contributed by atoms with Crippen molar-refractivity contribution < 1.29 is 23.5 Å². The Kier molecular flexibility index (Phi) is 4.12. The van der Waals surface area contributed by atoms with Gasteiger partial charge in [0.2, 0.25) is 0 Å². The van der Waals surface area contributed by atoms with Crippen LogP contribution >= 0.6 is 0 Å². The largest absolute Gasteiger partial charge is 0.482 e. The molecule has 0 saturated heterocycles. The third-order valence-corrected chi connectivity index (χ3v) is 3.45. The van der Waals surface area contributed by atoms with Gasteiger partial charge in [-0.25, -0.2) is 4.39 Å². The highest BCUT2D eigenvalue weighted by Crippen LogP contribution is 2.32. The molecule has 7 heteroatoms. The van der Waals surface area contributed by atoms with Gasteiger partial charge < -0.3 is 14.2 Å². The van der Waals surface area contributed by atoms with Crippen LogP contribution in [0.15, 0.2) is 30.3 Å². The normalized spacial score (nSPS) is 13.1. The molecule has 0 spiro atoms. The molecular weight excluding hydrogens is 305 g/mol. The lowest BCUT2D eigenvalue weighted by Gasteiger charge is -2.21. The molecular formula is C16H14FNO5. The molecule has 0 atom stereocenters. The van der Waals surface area contributed by atoms with Crippen molar-refractivity contribution in [2.24, 2.45) is 0 Å². The summed E-state index contributed by atoms with van der Waals surface area (Å²) in [6.07, 6.45) is 0. The second-order valence-electron chi connectivity index (χ2n) is 5.18. The van der Waals surface area contributed by atoms with E-state index < -0.39 is 10.7 Å². The highest BCUT2D eigenvalue weighted by molar-refractivity contribution is 5.49. The third kappa shape index (κ3) is 3.24. The average molecular weight is 319 g/mol. The van der Waals surface area contributed by atoms with E-state index in [1.54, 1.807) is 13.0 Å². The number of aryl methyl sites for hydroxylation is 1. The maximum absolute atomic E-state index is 13.7. The van der Waals surface area contributed by atoms with Crippen LogP contribution in [0.5, 0.6) is 11.5 Å². The Labute approximate surface area is 131 Å². The van der Waals surface area contributed by atoms with Crippen molar-refractivity contribution in [1.29, 1.82) is 0 Å². The Hall–Kier alpha value is -2.67. The second-order valence-corrected chi connectivity index (χ2v) is 5.18. The van der Waals surface area contributed by atoms with Crippen LogP contribution in [0, 0.1) is 22.9 Å². The molecule has 1 aliphatic heterocycles. The minimum absolute atomic E-state index is 0.0377. The molecule has 0 bridgehead atoms. The first-order chi connectivity index (χ1) is 11.0. The van der Waals surface area contributed by atoms with E-state index in [1.807, 2.05) is 0 Å². The molecule has 2 aromatic rings. The number of nitro groups is 1. The fourth-order valence-corrected chi connectivity index (χ4v) is 2.41. The fourth-order valence-electron chi connectivity index (χ4n) is 2.41. The number of hydrogen-bond donors (Lipinski definition) is 0. The summed E-state index contributed by atoms with van der Waals surface area (Å²) in [5, 5.41) is 11.1. The van der Waals surface area contributed by atoms with Crippen LogP contribution < -0.4 is 9.47 Å². The van der Waals surface area contributed by atoms with Crippen LogP contribution in [0.3, 0.4) is 0 Å². The zero-order valence-corrected chi connectivity index (χ0v) is 12.4. The van der Waals surface area contributed by atoms with Gasteiger partial charge in [0.1, 0.15) is 18.2 Å². The summed E-state index contributed by atoms with van der Waals surface area (Å²) >= 11 is 0. The minimum Gasteiger partial charge on any atom is -0.482 e. The van der Waals surface area contributed by atoms with Crippen LogP contribution in [-0.2, 0) is 18.0 Å². The number of fused-ring (bicyclic) bond motifs is 1. The first-order valence-corrected chi connectivity index (χ1v) is 6.94. The van der Waals surface area contributed by atoms with Crippen molar-refractivity contribution in [2.75, 3.05) is 6.79 Å². The molecule has 120 valence electrons. The molecule has 0 saturated carbocycles. The van der Waals surface area contributed by atoms with Crippen LogP contribution in [0.2, 0.25) is 0 Å². The van der Waals surface area contributed by atoms with Gasteiger partial charge in [-0.05, 0) is 30.7 Å². The van der Waals surface area contributed by atoms with Crippen molar-refractivity contribution in [3.8, 4) is 11.5 Å². The first kappa shape index (κ1) is 15.2. The maximum Gasteiger partial charge on any atom is 0.311 e. The van der Waals surface area contributed by atoms with Gasteiger partial charge in [-0.15, -0.1) is 0 Å².